The summed E-state index contributed by atoms with van der Waals surface area (Å²) in [5.41, 5.74) is 5.47. The van der Waals surface area contributed by atoms with E-state index in [1.165, 1.54) is 13.0 Å². The molecule has 0 aliphatic rings. The molecule has 12 heteroatoms. The van der Waals surface area contributed by atoms with Crippen LogP contribution in [0.3, 0.4) is 0 Å². The minimum atomic E-state index is -1.04. The van der Waals surface area contributed by atoms with E-state index < -0.39 is 29.6 Å². The summed E-state index contributed by atoms with van der Waals surface area (Å²) < 4.78 is 21.6. The maximum Gasteiger partial charge on any atom is 0.409 e. The first-order valence-corrected chi connectivity index (χ1v) is 19.5. The molecule has 60 heavy (non-hydrogen) atoms. The lowest BCUT2D eigenvalue weighted by molar-refractivity contribution is -0.156. The lowest BCUT2D eigenvalue weighted by atomic mass is 9.84. The number of aromatic nitrogens is 3. The van der Waals surface area contributed by atoms with Crippen molar-refractivity contribution in [1.82, 2.24) is 20.3 Å². The highest BCUT2D eigenvalue weighted by molar-refractivity contribution is 5.81. The molecule has 0 spiro atoms. The summed E-state index contributed by atoms with van der Waals surface area (Å²) in [5, 5.41) is 13.7. The Balaban J connectivity index is 1.18. The number of aromatic hydroxyl groups is 1. The molecule has 1 heterocycles. The first-order chi connectivity index (χ1) is 29.1. The highest BCUT2D eigenvalue weighted by Gasteiger charge is 2.31. The molecule has 1 amide bonds. The predicted octanol–water partition coefficient (Wildman–Crippen LogP) is 9.44. The number of alkyl carbamates (subject to hydrolysis) is 1. The highest BCUT2D eigenvalue weighted by Crippen LogP contribution is 2.34. The molecule has 2 N–H and O–H groups in total. The monoisotopic (exact) mass is 806 g/mol. The Hall–Kier alpha value is -7.34. The second kappa shape index (κ2) is 19.9. The summed E-state index contributed by atoms with van der Waals surface area (Å²) in [5.74, 6) is -0.182. The van der Waals surface area contributed by atoms with E-state index in [2.05, 4.69) is 11.9 Å². The highest BCUT2D eigenvalue weighted by atomic mass is 16.6. The zero-order chi connectivity index (χ0) is 42.5. The molecule has 0 bridgehead atoms. The lowest BCUT2D eigenvalue weighted by Gasteiger charge is -2.30. The van der Waals surface area contributed by atoms with Crippen LogP contribution in [-0.4, -0.2) is 64.1 Å². The van der Waals surface area contributed by atoms with E-state index in [4.69, 9.17) is 33.9 Å². The van der Waals surface area contributed by atoms with Crippen molar-refractivity contribution in [2.75, 3.05) is 19.9 Å². The van der Waals surface area contributed by atoms with Gasteiger partial charge in [0.2, 0.25) is 0 Å². The van der Waals surface area contributed by atoms with Crippen LogP contribution >= 0.6 is 0 Å². The summed E-state index contributed by atoms with van der Waals surface area (Å²) in [6.45, 7) is 8.17. The number of hydrogen-bond donors (Lipinski definition) is 2. The van der Waals surface area contributed by atoms with E-state index in [0.29, 0.717) is 30.1 Å². The van der Waals surface area contributed by atoms with Crippen LogP contribution in [0, 0.1) is 5.41 Å². The summed E-state index contributed by atoms with van der Waals surface area (Å²) >= 11 is 0. The van der Waals surface area contributed by atoms with Gasteiger partial charge in [-0.2, -0.15) is 0 Å². The van der Waals surface area contributed by atoms with Crippen molar-refractivity contribution in [1.29, 1.82) is 0 Å². The Morgan fingerprint density at radius 1 is 0.667 bits per heavy atom. The van der Waals surface area contributed by atoms with Gasteiger partial charge in [0.1, 0.15) is 24.7 Å². The number of phenols is 1. The molecular formula is C48H46N4O8. The zero-order valence-corrected chi connectivity index (χ0v) is 33.7. The molecule has 0 aliphatic heterocycles. The fourth-order valence-electron chi connectivity index (χ4n) is 6.20. The van der Waals surface area contributed by atoms with Crippen LogP contribution in [0.5, 0.6) is 11.5 Å². The number of benzene rings is 5. The summed E-state index contributed by atoms with van der Waals surface area (Å²) in [7, 11) is 0. The van der Waals surface area contributed by atoms with Gasteiger partial charge in [0.25, 0.3) is 0 Å². The Kier molecular flexibility index (Phi) is 14.0. The molecule has 1 atom stereocenters. The van der Waals surface area contributed by atoms with Crippen LogP contribution in [0.25, 0.3) is 56.4 Å². The van der Waals surface area contributed by atoms with E-state index in [9.17, 15) is 19.5 Å². The van der Waals surface area contributed by atoms with Crippen molar-refractivity contribution in [3.8, 4) is 67.9 Å². The van der Waals surface area contributed by atoms with Crippen LogP contribution in [0.1, 0.15) is 33.6 Å². The average Bonchev–Trinajstić information content (AvgIpc) is 3.29. The molecule has 0 aliphatic carbocycles. The third-order valence-electron chi connectivity index (χ3n) is 10.1. The fourth-order valence-corrected chi connectivity index (χ4v) is 6.20. The first kappa shape index (κ1) is 42.3. The molecule has 12 nitrogen and oxygen atoms in total. The normalized spacial score (nSPS) is 11.5. The second-order valence-corrected chi connectivity index (χ2v) is 14.0. The van der Waals surface area contributed by atoms with Gasteiger partial charge in [-0.05, 0) is 54.2 Å². The van der Waals surface area contributed by atoms with Crippen molar-refractivity contribution < 1.29 is 38.4 Å². The largest absolute Gasteiger partial charge is 0.507 e. The third kappa shape index (κ3) is 10.8. The van der Waals surface area contributed by atoms with Crippen LogP contribution in [0.15, 0.2) is 140 Å². The van der Waals surface area contributed by atoms with E-state index in [-0.39, 0.29) is 37.3 Å². The third-order valence-corrected chi connectivity index (χ3v) is 10.1. The van der Waals surface area contributed by atoms with Crippen molar-refractivity contribution in [3.63, 3.8) is 0 Å². The van der Waals surface area contributed by atoms with Crippen molar-refractivity contribution >= 4 is 18.0 Å². The van der Waals surface area contributed by atoms with E-state index in [1.54, 1.807) is 12.1 Å². The number of nitrogens with zero attached hydrogens (tertiary/aromatic N) is 3. The zero-order valence-electron chi connectivity index (χ0n) is 33.7. The summed E-state index contributed by atoms with van der Waals surface area (Å²) in [4.78, 5) is 50.9. The van der Waals surface area contributed by atoms with E-state index >= 15 is 0 Å². The molecule has 6 aromatic rings. The van der Waals surface area contributed by atoms with Crippen LogP contribution in [0.2, 0.25) is 0 Å². The van der Waals surface area contributed by atoms with E-state index in [0.717, 1.165) is 39.5 Å². The fraction of sp³-hybridized carbons (Fsp3) is 0.208. The minimum Gasteiger partial charge on any atom is -0.507 e. The van der Waals surface area contributed by atoms with E-state index in [1.807, 2.05) is 123 Å². The molecule has 5 aromatic carbocycles. The Morgan fingerprint density at radius 2 is 1.15 bits per heavy atom. The number of carbonyl (C=O) groups is 3. The molecule has 0 fully saturated rings. The number of phenolic OH excluding ortho intramolecular Hbond substituents is 1. The molecule has 0 saturated heterocycles. The number of carbonyl (C=O) groups excluding carboxylic acids is 3. The van der Waals surface area contributed by atoms with Crippen LogP contribution in [0.4, 0.5) is 4.79 Å². The van der Waals surface area contributed by atoms with Gasteiger partial charge in [-0.1, -0.05) is 130 Å². The SMILES string of the molecule is C=CC(=O)OCNC(=O)OCC(CC)(CC)COC(=O)C(C)Oc1ccc(-c2nc(-c3ccc(-c4ccccc4)cc3)nc(-c3ccc(-c4ccccc4)cc3)n2)c(O)c1. The van der Waals surface area contributed by atoms with Crippen molar-refractivity contribution in [2.45, 2.75) is 39.7 Å². The number of ether oxygens (including phenoxy) is 4. The van der Waals surface area contributed by atoms with Gasteiger partial charge in [0.15, 0.2) is 30.3 Å². The molecule has 1 aromatic heterocycles. The lowest BCUT2D eigenvalue weighted by Crippen LogP contribution is -2.38. The standard InChI is InChI=1S/C48H46N4O8/c1-5-42(54)59-31-49-47(56)58-30-48(6-2,7-3)29-57-46(55)32(4)60-39-26-27-40(41(53)28-39)45-51-43(37-22-18-35(19-23-37)33-14-10-8-11-15-33)50-44(52-45)38-24-20-36(21-25-38)34-16-12-9-13-17-34/h5,8-28,32,53H,1,6-7,29-31H2,2-4H3,(H,49,56). The van der Waals surface area contributed by atoms with Crippen LogP contribution in [-0.2, 0) is 23.8 Å². The van der Waals surface area contributed by atoms with Gasteiger partial charge in [-0.3, -0.25) is 5.32 Å². The van der Waals surface area contributed by atoms with Gasteiger partial charge in [0, 0.05) is 28.7 Å². The summed E-state index contributed by atoms with van der Waals surface area (Å²) in [6, 6.07) is 40.7. The number of esters is 2. The van der Waals surface area contributed by atoms with Gasteiger partial charge >= 0.3 is 18.0 Å². The first-order valence-electron chi connectivity index (χ1n) is 19.5. The Labute approximate surface area is 348 Å². The van der Waals surface area contributed by atoms with Crippen molar-refractivity contribution in [3.05, 3.63) is 140 Å². The Bertz CT molecular complexity index is 2300. The molecule has 1 unspecified atom stereocenters. The number of rotatable bonds is 17. The second-order valence-electron chi connectivity index (χ2n) is 14.0. The number of nitrogens with one attached hydrogen (secondary N) is 1. The quantitative estimate of drug-likeness (QED) is 0.0391. The summed E-state index contributed by atoms with van der Waals surface area (Å²) in [6.07, 6.45) is 0.227. The molecule has 0 radical (unpaired) electrons. The van der Waals surface area contributed by atoms with Gasteiger partial charge < -0.3 is 24.1 Å². The predicted molar refractivity (Wildman–Crippen MR) is 228 cm³/mol. The molecule has 6 rings (SSSR count). The number of amides is 1. The van der Waals surface area contributed by atoms with Gasteiger partial charge in [-0.15, -0.1) is 0 Å². The van der Waals surface area contributed by atoms with Crippen LogP contribution < -0.4 is 10.1 Å². The number of hydrogen-bond acceptors (Lipinski definition) is 11. The smallest absolute Gasteiger partial charge is 0.409 e. The Morgan fingerprint density at radius 3 is 1.65 bits per heavy atom. The maximum atomic E-state index is 13.1. The minimum absolute atomic E-state index is 0.0382. The van der Waals surface area contributed by atoms with Gasteiger partial charge in [-0.25, -0.2) is 29.3 Å². The van der Waals surface area contributed by atoms with Crippen molar-refractivity contribution in [2.24, 2.45) is 5.41 Å². The topological polar surface area (TPSA) is 159 Å². The molecule has 306 valence electrons. The maximum absolute atomic E-state index is 13.1. The average molecular weight is 807 g/mol. The van der Waals surface area contributed by atoms with Gasteiger partial charge in [0.05, 0.1) is 5.56 Å². The molecule has 0 saturated carbocycles. The molecular weight excluding hydrogens is 761 g/mol.